The van der Waals surface area contributed by atoms with Crippen molar-refractivity contribution in [2.45, 2.75) is 31.7 Å². The molecule has 0 bridgehead atoms. The highest BCUT2D eigenvalue weighted by molar-refractivity contribution is 6.46. The molecule has 0 spiro atoms. The molecule has 2 aromatic carbocycles. The van der Waals surface area contributed by atoms with Crippen LogP contribution in [0.2, 0.25) is 0 Å². The number of nitrogens with zero attached hydrogens (tertiary/aromatic N) is 1. The normalized spacial score (nSPS) is 17.6. The van der Waals surface area contributed by atoms with Crippen LogP contribution >= 0.6 is 0 Å². The summed E-state index contributed by atoms with van der Waals surface area (Å²) < 4.78 is 18.6. The third kappa shape index (κ3) is 4.96. The van der Waals surface area contributed by atoms with Gasteiger partial charge in [-0.25, -0.2) is 4.39 Å². The average molecular weight is 441 g/mol. The van der Waals surface area contributed by atoms with Gasteiger partial charge in [-0.15, -0.1) is 0 Å². The molecule has 2 N–H and O–H groups in total. The molecule has 1 saturated heterocycles. The quantitative estimate of drug-likeness (QED) is 0.265. The molecule has 1 aliphatic heterocycles. The van der Waals surface area contributed by atoms with Crippen molar-refractivity contribution in [2.24, 2.45) is 0 Å². The van der Waals surface area contributed by atoms with Crippen LogP contribution < -0.4 is 4.74 Å². The van der Waals surface area contributed by atoms with Gasteiger partial charge >= 0.3 is 5.97 Å². The summed E-state index contributed by atoms with van der Waals surface area (Å²) in [7, 11) is 1.50. The minimum Gasteiger partial charge on any atom is -0.507 e. The zero-order valence-electron chi connectivity index (χ0n) is 17.6. The third-order valence-electron chi connectivity index (χ3n) is 5.36. The van der Waals surface area contributed by atoms with Gasteiger partial charge < -0.3 is 19.8 Å². The van der Waals surface area contributed by atoms with Crippen molar-refractivity contribution in [3.63, 3.8) is 0 Å². The van der Waals surface area contributed by atoms with E-state index in [-0.39, 0.29) is 29.9 Å². The first kappa shape index (κ1) is 23.0. The number of benzene rings is 2. The number of halogens is 1. The molecule has 0 unspecified atom stereocenters. The van der Waals surface area contributed by atoms with E-state index >= 15 is 0 Å². The first-order chi connectivity index (χ1) is 15.3. The molecule has 0 saturated carbocycles. The first-order valence-electron chi connectivity index (χ1n) is 10.2. The number of amides is 1. The Hall–Kier alpha value is -3.68. The van der Waals surface area contributed by atoms with E-state index in [4.69, 9.17) is 9.84 Å². The second-order valence-electron chi connectivity index (χ2n) is 7.48. The molecular weight excluding hydrogens is 417 g/mol. The lowest BCUT2D eigenvalue weighted by Gasteiger charge is -2.25. The van der Waals surface area contributed by atoms with Gasteiger partial charge in [-0.1, -0.05) is 18.6 Å². The fraction of sp³-hybridized carbons (Fsp3) is 0.292. The zero-order valence-corrected chi connectivity index (χ0v) is 17.6. The molecule has 0 aromatic heterocycles. The van der Waals surface area contributed by atoms with Crippen molar-refractivity contribution in [3.05, 3.63) is 71.0 Å². The Balaban J connectivity index is 1.99. The number of hydrogen-bond donors (Lipinski definition) is 2. The van der Waals surface area contributed by atoms with Gasteiger partial charge in [0.15, 0.2) is 0 Å². The molecular formula is C24H24FNO6. The average Bonchev–Trinajstić information content (AvgIpc) is 3.03. The largest absolute Gasteiger partial charge is 0.507 e. The number of carbonyl (C=O) groups is 3. The number of aliphatic hydroxyl groups excluding tert-OH is 1. The SMILES string of the molecule is COc1cccc([C@H]2C(=C(O)c3ccc(F)cc3)C(=O)C(=O)N2CCCCCC(=O)O)c1. The van der Waals surface area contributed by atoms with Crippen LogP contribution in [-0.4, -0.2) is 46.4 Å². The van der Waals surface area contributed by atoms with Gasteiger partial charge in [-0.3, -0.25) is 14.4 Å². The van der Waals surface area contributed by atoms with Gasteiger partial charge in [0.25, 0.3) is 11.7 Å². The Morgan fingerprint density at radius 2 is 1.78 bits per heavy atom. The molecule has 0 aliphatic carbocycles. The van der Waals surface area contributed by atoms with E-state index < -0.39 is 29.5 Å². The maximum Gasteiger partial charge on any atom is 0.303 e. The van der Waals surface area contributed by atoms with Crippen LogP contribution in [0, 0.1) is 5.82 Å². The van der Waals surface area contributed by atoms with Gasteiger partial charge in [0.05, 0.1) is 18.7 Å². The van der Waals surface area contributed by atoms with Crippen molar-refractivity contribution < 1.29 is 33.7 Å². The number of methoxy groups -OCH3 is 1. The lowest BCUT2D eigenvalue weighted by molar-refractivity contribution is -0.140. The molecule has 1 atom stereocenters. The molecule has 8 heteroatoms. The van der Waals surface area contributed by atoms with Crippen molar-refractivity contribution in [2.75, 3.05) is 13.7 Å². The number of aliphatic hydroxyl groups is 1. The predicted octanol–water partition coefficient (Wildman–Crippen LogP) is 3.90. The second kappa shape index (κ2) is 10.1. The Morgan fingerprint density at radius 1 is 1.06 bits per heavy atom. The minimum absolute atomic E-state index is 0.0305. The summed E-state index contributed by atoms with van der Waals surface area (Å²) in [6.45, 7) is 0.215. The van der Waals surface area contributed by atoms with Crippen LogP contribution in [0.15, 0.2) is 54.1 Å². The number of ketones is 1. The van der Waals surface area contributed by atoms with E-state index in [1.54, 1.807) is 24.3 Å². The molecule has 1 amide bonds. The summed E-state index contributed by atoms with van der Waals surface area (Å²) in [5.41, 5.74) is 0.719. The fourth-order valence-electron chi connectivity index (χ4n) is 3.77. The van der Waals surface area contributed by atoms with Crippen molar-refractivity contribution >= 4 is 23.4 Å². The number of Topliss-reactive ketones (excluding diaryl/α,β-unsaturated/α-hetero) is 1. The Morgan fingerprint density at radius 3 is 2.44 bits per heavy atom. The smallest absolute Gasteiger partial charge is 0.303 e. The molecule has 2 aromatic rings. The number of rotatable bonds is 9. The van der Waals surface area contributed by atoms with Gasteiger partial charge in [0.2, 0.25) is 0 Å². The topological polar surface area (TPSA) is 104 Å². The summed E-state index contributed by atoms with van der Waals surface area (Å²) >= 11 is 0. The highest BCUT2D eigenvalue weighted by Gasteiger charge is 2.45. The number of hydrogen-bond acceptors (Lipinski definition) is 5. The van der Waals surface area contributed by atoms with Crippen LogP contribution in [0.25, 0.3) is 5.76 Å². The molecule has 168 valence electrons. The van der Waals surface area contributed by atoms with E-state index in [0.717, 1.165) is 12.1 Å². The van der Waals surface area contributed by atoms with E-state index in [0.29, 0.717) is 30.6 Å². The number of likely N-dealkylation sites (tertiary alicyclic amines) is 1. The third-order valence-corrected chi connectivity index (χ3v) is 5.36. The maximum absolute atomic E-state index is 13.3. The van der Waals surface area contributed by atoms with Crippen molar-refractivity contribution in [3.8, 4) is 5.75 Å². The first-order valence-corrected chi connectivity index (χ1v) is 10.2. The number of carboxylic acid groups (broad SMARTS) is 1. The Kier molecular flexibility index (Phi) is 7.25. The fourth-order valence-corrected chi connectivity index (χ4v) is 3.77. The monoisotopic (exact) mass is 441 g/mol. The molecule has 32 heavy (non-hydrogen) atoms. The van der Waals surface area contributed by atoms with Gasteiger partial charge in [-0.05, 0) is 54.8 Å². The number of unbranched alkanes of at least 4 members (excludes halogenated alkanes) is 2. The van der Waals surface area contributed by atoms with Gasteiger partial charge in [0.1, 0.15) is 17.3 Å². The van der Waals surface area contributed by atoms with E-state index in [9.17, 15) is 23.9 Å². The van der Waals surface area contributed by atoms with Crippen LogP contribution in [0.1, 0.15) is 42.9 Å². The van der Waals surface area contributed by atoms with Crippen LogP contribution in [0.4, 0.5) is 4.39 Å². The molecule has 7 nitrogen and oxygen atoms in total. The van der Waals surface area contributed by atoms with Gasteiger partial charge in [-0.2, -0.15) is 0 Å². The molecule has 1 aliphatic rings. The van der Waals surface area contributed by atoms with E-state index in [1.165, 1.54) is 24.1 Å². The summed E-state index contributed by atoms with van der Waals surface area (Å²) in [6, 6.07) is 11.0. The lowest BCUT2D eigenvalue weighted by atomic mass is 9.95. The van der Waals surface area contributed by atoms with E-state index in [1.807, 2.05) is 0 Å². The number of aliphatic carboxylic acids is 1. The highest BCUT2D eigenvalue weighted by Crippen LogP contribution is 2.40. The maximum atomic E-state index is 13.3. The molecule has 1 heterocycles. The summed E-state index contributed by atoms with van der Waals surface area (Å²) in [6.07, 6.45) is 1.55. The van der Waals surface area contributed by atoms with Gasteiger partial charge in [0, 0.05) is 18.5 Å². The lowest BCUT2D eigenvalue weighted by Crippen LogP contribution is -2.30. The predicted molar refractivity (Wildman–Crippen MR) is 115 cm³/mol. The summed E-state index contributed by atoms with van der Waals surface area (Å²) in [5.74, 6) is -2.82. The van der Waals surface area contributed by atoms with Crippen molar-refractivity contribution in [1.29, 1.82) is 0 Å². The summed E-state index contributed by atoms with van der Waals surface area (Å²) in [4.78, 5) is 37.9. The minimum atomic E-state index is -0.888. The molecule has 0 radical (unpaired) electrons. The van der Waals surface area contributed by atoms with E-state index in [2.05, 4.69) is 0 Å². The number of ether oxygens (including phenoxy) is 1. The standard InChI is InChI=1S/C24H24FNO6/c1-32-18-7-5-6-16(14-18)21-20(22(29)15-9-11-17(25)12-10-15)23(30)24(31)26(21)13-4-2-3-8-19(27)28/h5-7,9-12,14,21,29H,2-4,8,13H2,1H3,(H,27,28)/t21-/m0/s1. The molecule has 3 rings (SSSR count). The van der Waals surface area contributed by atoms with Crippen LogP contribution in [-0.2, 0) is 14.4 Å². The zero-order chi connectivity index (χ0) is 23.3. The van der Waals surface area contributed by atoms with Crippen LogP contribution in [0.5, 0.6) is 5.75 Å². The van der Waals surface area contributed by atoms with Crippen LogP contribution in [0.3, 0.4) is 0 Å². The van der Waals surface area contributed by atoms with Crippen molar-refractivity contribution in [1.82, 2.24) is 4.90 Å². The number of carbonyl (C=O) groups excluding carboxylic acids is 2. The summed E-state index contributed by atoms with van der Waals surface area (Å²) in [5, 5.41) is 19.7. The molecule has 1 fully saturated rings. The Bertz CT molecular complexity index is 1050. The number of carboxylic acids is 1. The second-order valence-corrected chi connectivity index (χ2v) is 7.48. The Labute approximate surface area is 184 Å². The highest BCUT2D eigenvalue weighted by atomic mass is 19.1.